The van der Waals surface area contributed by atoms with Crippen molar-refractivity contribution in [3.05, 3.63) is 125 Å². The third kappa shape index (κ3) is 9.26. The Kier molecular flexibility index (Phi) is 14.0. The lowest BCUT2D eigenvalue weighted by Crippen LogP contribution is -2.33. The summed E-state index contributed by atoms with van der Waals surface area (Å²) in [6.45, 7) is 9.73. The Hall–Kier alpha value is -6.32. The number of benzene rings is 2. The molecule has 0 radical (unpaired) electrons. The van der Waals surface area contributed by atoms with E-state index in [1.807, 2.05) is 0 Å². The monoisotopic (exact) mass is 760 g/mol. The van der Waals surface area contributed by atoms with E-state index in [0.29, 0.717) is 42.1 Å². The first-order valence-corrected chi connectivity index (χ1v) is 17.8. The fourth-order valence-corrected chi connectivity index (χ4v) is 6.77. The maximum absolute atomic E-state index is 13.6. The highest BCUT2D eigenvalue weighted by Gasteiger charge is 2.42. The van der Waals surface area contributed by atoms with Gasteiger partial charge in [0.1, 0.15) is 0 Å². The first-order valence-electron chi connectivity index (χ1n) is 17.8. The van der Waals surface area contributed by atoms with Crippen molar-refractivity contribution in [1.82, 2.24) is 10.6 Å². The highest BCUT2D eigenvalue weighted by atomic mass is 16.6. The summed E-state index contributed by atoms with van der Waals surface area (Å²) in [7, 11) is 0. The second kappa shape index (κ2) is 18.6. The van der Waals surface area contributed by atoms with Gasteiger partial charge in [-0.2, -0.15) is 0 Å². The van der Waals surface area contributed by atoms with E-state index in [2.05, 4.69) is 10.6 Å². The number of nitro groups is 2. The van der Waals surface area contributed by atoms with Crippen LogP contribution in [0.1, 0.15) is 83.8 Å². The van der Waals surface area contributed by atoms with Gasteiger partial charge in [0, 0.05) is 46.0 Å². The second-order valence-corrected chi connectivity index (χ2v) is 12.7. The number of carbonyl (C=O) groups is 4. The van der Waals surface area contributed by atoms with E-state index >= 15 is 0 Å². The first-order chi connectivity index (χ1) is 26.2. The van der Waals surface area contributed by atoms with E-state index in [4.69, 9.17) is 18.9 Å². The summed E-state index contributed by atoms with van der Waals surface area (Å²) in [5.74, 6) is -5.27. The largest absolute Gasteiger partial charge is 0.463 e. The zero-order valence-electron chi connectivity index (χ0n) is 31.5. The van der Waals surface area contributed by atoms with Gasteiger partial charge in [0.15, 0.2) is 0 Å². The molecule has 0 amide bonds. The van der Waals surface area contributed by atoms with Gasteiger partial charge < -0.3 is 29.6 Å². The van der Waals surface area contributed by atoms with Crippen LogP contribution in [-0.4, -0.2) is 60.2 Å². The Bertz CT molecular complexity index is 1870. The van der Waals surface area contributed by atoms with Gasteiger partial charge in [-0.15, -0.1) is 0 Å². The summed E-state index contributed by atoms with van der Waals surface area (Å²) in [6.07, 6.45) is 1.17. The second-order valence-electron chi connectivity index (χ2n) is 12.7. The first kappa shape index (κ1) is 41.4. The van der Waals surface area contributed by atoms with Gasteiger partial charge in [-0.3, -0.25) is 20.2 Å². The minimum absolute atomic E-state index is 0.0290. The van der Waals surface area contributed by atoms with Gasteiger partial charge in [-0.1, -0.05) is 36.4 Å². The predicted octanol–water partition coefficient (Wildman–Crippen LogP) is 6.06. The normalized spacial score (nSPS) is 16.9. The summed E-state index contributed by atoms with van der Waals surface area (Å²) in [5.41, 5.74) is 1.38. The quantitative estimate of drug-likeness (QED) is 0.0655. The summed E-state index contributed by atoms with van der Waals surface area (Å²) in [4.78, 5) is 76.3. The Labute approximate surface area is 317 Å². The van der Waals surface area contributed by atoms with Crippen molar-refractivity contribution in [3.8, 4) is 0 Å². The molecule has 2 aromatic carbocycles. The van der Waals surface area contributed by atoms with Gasteiger partial charge >= 0.3 is 23.9 Å². The molecule has 0 aromatic heterocycles. The molecule has 2 heterocycles. The molecule has 292 valence electrons. The van der Waals surface area contributed by atoms with Gasteiger partial charge in [0.05, 0.1) is 70.4 Å². The number of nitrogens with zero attached hydrogens (tertiary/aromatic N) is 2. The average molecular weight is 761 g/mol. The van der Waals surface area contributed by atoms with Gasteiger partial charge in [0.2, 0.25) is 0 Å². The van der Waals surface area contributed by atoms with E-state index in [1.54, 1.807) is 53.7 Å². The molecule has 0 bridgehead atoms. The number of ether oxygens (including phenoxy) is 4. The molecule has 2 N–H and O–H groups in total. The number of allylic oxidation sites excluding steroid dienone is 4. The number of rotatable bonds is 16. The molecule has 0 fully saturated rings. The van der Waals surface area contributed by atoms with Crippen molar-refractivity contribution in [2.75, 3.05) is 26.4 Å². The molecule has 4 rings (SSSR count). The number of hydrogen-bond acceptors (Lipinski definition) is 14. The minimum atomic E-state index is -1.13. The number of hydrogen-bond donors (Lipinski definition) is 2. The number of esters is 4. The van der Waals surface area contributed by atoms with E-state index in [1.165, 1.54) is 36.4 Å². The number of para-hydroxylation sites is 2. The summed E-state index contributed by atoms with van der Waals surface area (Å²) >= 11 is 0. The number of nitro benzene ring substituents is 2. The van der Waals surface area contributed by atoms with Crippen molar-refractivity contribution in [2.45, 2.75) is 72.6 Å². The number of nitrogens with one attached hydrogen (secondary N) is 2. The number of dihydropyridines is 2. The van der Waals surface area contributed by atoms with Gasteiger partial charge in [-0.25, -0.2) is 19.2 Å². The molecule has 2 aliphatic rings. The number of unbranched alkanes of at least 4 members (excludes halogenated alkanes) is 2. The fourth-order valence-electron chi connectivity index (χ4n) is 6.77. The van der Waals surface area contributed by atoms with Crippen molar-refractivity contribution in [1.29, 1.82) is 0 Å². The summed E-state index contributed by atoms with van der Waals surface area (Å²) < 4.78 is 21.8. The van der Waals surface area contributed by atoms with Gasteiger partial charge in [-0.05, 0) is 60.8 Å². The lowest BCUT2D eigenvalue weighted by Gasteiger charge is -2.30. The van der Waals surface area contributed by atoms with Crippen LogP contribution in [0.3, 0.4) is 0 Å². The zero-order chi connectivity index (χ0) is 40.4. The fraction of sp³-hybridized carbons (Fsp3) is 0.385. The molecule has 0 saturated carbocycles. The topological polar surface area (TPSA) is 216 Å². The van der Waals surface area contributed by atoms with Crippen molar-refractivity contribution in [3.63, 3.8) is 0 Å². The van der Waals surface area contributed by atoms with E-state index < -0.39 is 45.6 Å². The zero-order valence-corrected chi connectivity index (χ0v) is 31.5. The standard InChI is InChI=1S/C39H44N4O12/c1-7-52-36(44)30-22(3)40-24(5)32(34(30)26-16-10-12-18-28(26)42(48)49)38(46)54-20-14-9-15-21-55-39(47)33-25(6)41-23(4)31(37(45)53-8-2)35(33)27-17-11-13-19-29(27)43(50)51/h10-13,16-19,34-35,40-41H,7-9,14-15,20-21H2,1-6H3. The van der Waals surface area contributed by atoms with Crippen LogP contribution in [0.2, 0.25) is 0 Å². The summed E-state index contributed by atoms with van der Waals surface area (Å²) in [6, 6.07) is 11.7. The van der Waals surface area contributed by atoms with Crippen molar-refractivity contribution in [2.24, 2.45) is 0 Å². The van der Waals surface area contributed by atoms with Crippen LogP contribution in [0.4, 0.5) is 11.4 Å². The van der Waals surface area contributed by atoms with Crippen LogP contribution in [0.5, 0.6) is 0 Å². The maximum atomic E-state index is 13.6. The number of carbonyl (C=O) groups excluding carboxylic acids is 4. The van der Waals surface area contributed by atoms with E-state index in [-0.39, 0.29) is 71.2 Å². The Morgan fingerprint density at radius 2 is 0.855 bits per heavy atom. The smallest absolute Gasteiger partial charge is 0.336 e. The predicted molar refractivity (Wildman–Crippen MR) is 198 cm³/mol. The molecule has 2 aromatic rings. The molecule has 16 heteroatoms. The van der Waals surface area contributed by atoms with Crippen LogP contribution in [-0.2, 0) is 38.1 Å². The highest BCUT2D eigenvalue weighted by molar-refractivity contribution is 6.01. The van der Waals surface area contributed by atoms with Crippen molar-refractivity contribution < 1.29 is 48.0 Å². The molecule has 0 aliphatic carbocycles. The highest BCUT2D eigenvalue weighted by Crippen LogP contribution is 2.44. The Balaban J connectivity index is 1.44. The maximum Gasteiger partial charge on any atom is 0.336 e. The molecule has 0 saturated heterocycles. The van der Waals surface area contributed by atoms with Crippen molar-refractivity contribution >= 4 is 35.3 Å². The molecule has 55 heavy (non-hydrogen) atoms. The Morgan fingerprint density at radius 1 is 0.545 bits per heavy atom. The SMILES string of the molecule is CCOC(=O)C1=C(C)NC(C)=C(C(=O)OCCCCCOC(=O)C2=C(C)NC(C)=C(C(=O)OCC)C2c2ccccc2[N+](=O)[O-])C1c1ccccc1[N+](=O)[O-]. The molecule has 2 atom stereocenters. The van der Waals surface area contributed by atoms with Crippen LogP contribution in [0.15, 0.2) is 93.6 Å². The van der Waals surface area contributed by atoms with Gasteiger partial charge in [0.25, 0.3) is 11.4 Å². The minimum Gasteiger partial charge on any atom is -0.463 e. The molecule has 0 spiro atoms. The molecular weight excluding hydrogens is 716 g/mol. The lowest BCUT2D eigenvalue weighted by atomic mass is 9.79. The lowest BCUT2D eigenvalue weighted by molar-refractivity contribution is -0.385. The Morgan fingerprint density at radius 3 is 1.16 bits per heavy atom. The third-order valence-electron chi connectivity index (χ3n) is 9.10. The van der Waals surface area contributed by atoms with Crippen LogP contribution in [0, 0.1) is 20.2 Å². The average Bonchev–Trinajstić information content (AvgIpc) is 3.13. The van der Waals surface area contributed by atoms with Crippen LogP contribution >= 0.6 is 0 Å². The molecular formula is C39H44N4O12. The summed E-state index contributed by atoms with van der Waals surface area (Å²) in [5, 5.41) is 30.0. The van der Waals surface area contributed by atoms with E-state index in [0.717, 1.165) is 0 Å². The van der Waals surface area contributed by atoms with E-state index in [9.17, 15) is 39.4 Å². The van der Waals surface area contributed by atoms with Crippen LogP contribution < -0.4 is 10.6 Å². The third-order valence-corrected chi connectivity index (χ3v) is 9.10. The molecule has 2 aliphatic heterocycles. The van der Waals surface area contributed by atoms with Crippen LogP contribution in [0.25, 0.3) is 0 Å². The molecule has 2 unspecified atom stereocenters. The molecule has 16 nitrogen and oxygen atoms in total.